The molecule has 0 radical (unpaired) electrons. The van der Waals surface area contributed by atoms with Gasteiger partial charge in [-0.05, 0) is 55.3 Å². The molecule has 2 aromatic rings. The van der Waals surface area contributed by atoms with Crippen molar-refractivity contribution in [1.82, 2.24) is 0 Å². The SMILES string of the molecule is Cc1cccc(N2CC(C(=O)Oc3ccc(Br)cc3)CC2=O)c1C. The number of halogens is 1. The van der Waals surface area contributed by atoms with Gasteiger partial charge < -0.3 is 9.64 Å². The number of benzene rings is 2. The van der Waals surface area contributed by atoms with Crippen LogP contribution in [0.4, 0.5) is 5.69 Å². The number of rotatable bonds is 3. The monoisotopic (exact) mass is 387 g/mol. The van der Waals surface area contributed by atoms with Gasteiger partial charge in [-0.1, -0.05) is 28.1 Å². The van der Waals surface area contributed by atoms with Gasteiger partial charge in [0.25, 0.3) is 0 Å². The van der Waals surface area contributed by atoms with Crippen LogP contribution in [0.3, 0.4) is 0 Å². The predicted octanol–water partition coefficient (Wildman–Crippen LogP) is 4.02. The van der Waals surface area contributed by atoms with Crippen molar-refractivity contribution in [2.24, 2.45) is 5.92 Å². The molecule has 1 aliphatic rings. The van der Waals surface area contributed by atoms with Crippen molar-refractivity contribution in [2.45, 2.75) is 20.3 Å². The molecule has 0 N–H and O–H groups in total. The van der Waals surface area contributed by atoms with Crippen LogP contribution >= 0.6 is 15.9 Å². The summed E-state index contributed by atoms with van der Waals surface area (Å²) in [6, 6.07) is 12.9. The molecule has 1 aliphatic heterocycles. The van der Waals surface area contributed by atoms with Gasteiger partial charge in [0.2, 0.25) is 5.91 Å². The second-order valence-corrected chi connectivity index (χ2v) is 6.92. The number of hydrogen-bond acceptors (Lipinski definition) is 3. The highest BCUT2D eigenvalue weighted by Gasteiger charge is 2.37. The van der Waals surface area contributed by atoms with E-state index in [0.29, 0.717) is 12.3 Å². The third-order valence-corrected chi connectivity index (χ3v) is 4.89. The van der Waals surface area contributed by atoms with Crippen LogP contribution in [0, 0.1) is 19.8 Å². The fraction of sp³-hybridized carbons (Fsp3) is 0.263. The standard InChI is InChI=1S/C19H18BrNO3/c1-12-4-3-5-17(13(12)2)21-11-14(10-18(21)22)19(23)24-16-8-6-15(20)7-9-16/h3-9,14H,10-11H2,1-2H3. The van der Waals surface area contributed by atoms with Crippen molar-refractivity contribution >= 4 is 33.5 Å². The topological polar surface area (TPSA) is 46.6 Å². The molecule has 1 amide bonds. The van der Waals surface area contributed by atoms with Crippen LogP contribution in [-0.2, 0) is 9.59 Å². The van der Waals surface area contributed by atoms with Crippen molar-refractivity contribution in [3.05, 3.63) is 58.1 Å². The maximum atomic E-state index is 12.4. The molecular formula is C19H18BrNO3. The molecule has 2 aromatic carbocycles. The Kier molecular flexibility index (Phi) is 4.71. The fourth-order valence-electron chi connectivity index (χ4n) is 2.83. The minimum absolute atomic E-state index is 0.0403. The quantitative estimate of drug-likeness (QED) is 0.589. The molecule has 124 valence electrons. The lowest BCUT2D eigenvalue weighted by molar-refractivity contribution is -0.139. The van der Waals surface area contributed by atoms with E-state index in [9.17, 15) is 9.59 Å². The number of amides is 1. The Morgan fingerprint density at radius 2 is 1.88 bits per heavy atom. The minimum atomic E-state index is -0.443. The zero-order valence-electron chi connectivity index (χ0n) is 13.6. The van der Waals surface area contributed by atoms with Gasteiger partial charge in [0.15, 0.2) is 0 Å². The van der Waals surface area contributed by atoms with Crippen LogP contribution < -0.4 is 9.64 Å². The lowest BCUT2D eigenvalue weighted by Crippen LogP contribution is -2.28. The molecule has 3 rings (SSSR count). The van der Waals surface area contributed by atoms with Gasteiger partial charge in [0.05, 0.1) is 5.92 Å². The summed E-state index contributed by atoms with van der Waals surface area (Å²) in [5.41, 5.74) is 3.06. The lowest BCUT2D eigenvalue weighted by Gasteiger charge is -2.20. The first kappa shape index (κ1) is 16.7. The van der Waals surface area contributed by atoms with Gasteiger partial charge in [-0.3, -0.25) is 9.59 Å². The van der Waals surface area contributed by atoms with Crippen LogP contribution in [0.1, 0.15) is 17.5 Å². The Labute approximate surface area is 149 Å². The summed E-state index contributed by atoms with van der Waals surface area (Å²) < 4.78 is 6.32. The third-order valence-electron chi connectivity index (χ3n) is 4.36. The van der Waals surface area contributed by atoms with Gasteiger partial charge in [0, 0.05) is 23.1 Å². The van der Waals surface area contributed by atoms with E-state index >= 15 is 0 Å². The number of aryl methyl sites for hydroxylation is 1. The third kappa shape index (κ3) is 3.36. The average Bonchev–Trinajstić information content (AvgIpc) is 2.94. The number of carbonyl (C=O) groups excluding carboxylic acids is 2. The Morgan fingerprint density at radius 3 is 2.58 bits per heavy atom. The molecule has 0 saturated carbocycles. The summed E-state index contributed by atoms with van der Waals surface area (Å²) in [6.07, 6.45) is 0.183. The number of nitrogens with zero attached hydrogens (tertiary/aromatic N) is 1. The summed E-state index contributed by atoms with van der Waals surface area (Å²) >= 11 is 3.34. The van der Waals surface area contributed by atoms with E-state index in [4.69, 9.17) is 4.74 Å². The number of ether oxygens (including phenoxy) is 1. The maximum Gasteiger partial charge on any atom is 0.316 e. The number of anilines is 1. The Hall–Kier alpha value is -2.14. The smallest absolute Gasteiger partial charge is 0.316 e. The van der Waals surface area contributed by atoms with E-state index in [2.05, 4.69) is 15.9 Å². The molecule has 1 unspecified atom stereocenters. The Bertz CT molecular complexity index is 786. The van der Waals surface area contributed by atoms with Gasteiger partial charge in [-0.25, -0.2) is 0 Å². The van der Waals surface area contributed by atoms with E-state index in [1.54, 1.807) is 17.0 Å². The molecule has 1 heterocycles. The molecule has 0 bridgehead atoms. The molecule has 4 nitrogen and oxygen atoms in total. The zero-order valence-corrected chi connectivity index (χ0v) is 15.2. The summed E-state index contributed by atoms with van der Waals surface area (Å²) in [4.78, 5) is 26.4. The van der Waals surface area contributed by atoms with Gasteiger partial charge in [-0.15, -0.1) is 0 Å². The lowest BCUT2D eigenvalue weighted by atomic mass is 10.1. The van der Waals surface area contributed by atoms with Gasteiger partial charge in [-0.2, -0.15) is 0 Å². The molecule has 0 aromatic heterocycles. The Morgan fingerprint density at radius 1 is 1.17 bits per heavy atom. The summed E-state index contributed by atoms with van der Waals surface area (Å²) in [7, 11) is 0. The number of esters is 1. The van der Waals surface area contributed by atoms with Crippen molar-refractivity contribution in [3.63, 3.8) is 0 Å². The van der Waals surface area contributed by atoms with Crippen molar-refractivity contribution in [3.8, 4) is 5.75 Å². The normalized spacial score (nSPS) is 17.2. The van der Waals surface area contributed by atoms with Crippen LogP contribution in [0.5, 0.6) is 5.75 Å². The van der Waals surface area contributed by atoms with Crippen LogP contribution in [0.15, 0.2) is 46.9 Å². The van der Waals surface area contributed by atoms with Gasteiger partial charge in [0.1, 0.15) is 5.75 Å². The van der Waals surface area contributed by atoms with Crippen molar-refractivity contribution in [1.29, 1.82) is 0 Å². The first-order valence-corrected chi connectivity index (χ1v) is 8.59. The van der Waals surface area contributed by atoms with E-state index in [1.807, 2.05) is 44.2 Å². The molecule has 1 atom stereocenters. The molecule has 24 heavy (non-hydrogen) atoms. The van der Waals surface area contributed by atoms with Crippen LogP contribution in [-0.4, -0.2) is 18.4 Å². The maximum absolute atomic E-state index is 12.4. The summed E-state index contributed by atoms with van der Waals surface area (Å²) in [6.45, 7) is 4.36. The van der Waals surface area contributed by atoms with Gasteiger partial charge >= 0.3 is 5.97 Å². The van der Waals surface area contributed by atoms with Crippen LogP contribution in [0.25, 0.3) is 0 Å². The van der Waals surface area contributed by atoms with Crippen molar-refractivity contribution < 1.29 is 14.3 Å². The second kappa shape index (κ2) is 6.77. The zero-order chi connectivity index (χ0) is 17.3. The molecular weight excluding hydrogens is 370 g/mol. The highest BCUT2D eigenvalue weighted by molar-refractivity contribution is 9.10. The average molecular weight is 388 g/mol. The number of carbonyl (C=O) groups is 2. The van der Waals surface area contributed by atoms with E-state index < -0.39 is 5.92 Å². The molecule has 1 fully saturated rings. The number of hydrogen-bond donors (Lipinski definition) is 0. The fourth-order valence-corrected chi connectivity index (χ4v) is 3.09. The molecule has 1 saturated heterocycles. The van der Waals surface area contributed by atoms with Crippen LogP contribution in [0.2, 0.25) is 0 Å². The molecule has 0 aliphatic carbocycles. The largest absolute Gasteiger partial charge is 0.426 e. The summed E-state index contributed by atoms with van der Waals surface area (Å²) in [5, 5.41) is 0. The Balaban J connectivity index is 1.73. The minimum Gasteiger partial charge on any atom is -0.426 e. The highest BCUT2D eigenvalue weighted by atomic mass is 79.9. The molecule has 5 heteroatoms. The summed E-state index contributed by atoms with van der Waals surface area (Å²) in [5.74, 6) is -0.359. The van der Waals surface area contributed by atoms with E-state index in [1.165, 1.54) is 0 Å². The predicted molar refractivity (Wildman–Crippen MR) is 96.2 cm³/mol. The first-order chi connectivity index (χ1) is 11.5. The van der Waals surface area contributed by atoms with E-state index in [0.717, 1.165) is 21.3 Å². The first-order valence-electron chi connectivity index (χ1n) is 7.79. The van der Waals surface area contributed by atoms with E-state index in [-0.39, 0.29) is 18.3 Å². The molecule has 0 spiro atoms. The van der Waals surface area contributed by atoms with Crippen molar-refractivity contribution in [2.75, 3.05) is 11.4 Å². The second-order valence-electron chi connectivity index (χ2n) is 6.00. The highest BCUT2D eigenvalue weighted by Crippen LogP contribution is 2.30.